The van der Waals surface area contributed by atoms with Gasteiger partial charge in [-0.25, -0.2) is 4.79 Å². The fraction of sp³-hybridized carbons (Fsp3) is 0.500. The van der Waals surface area contributed by atoms with Crippen LogP contribution in [0.5, 0.6) is 0 Å². The minimum absolute atomic E-state index is 0. The first-order chi connectivity index (χ1) is 2.27. The third-order valence-electron chi connectivity index (χ3n) is 0.135. The van der Waals surface area contributed by atoms with Crippen LogP contribution in [0.15, 0.2) is 0 Å². The average Bonchev–Trinajstić information content (AvgIpc) is 1.38. The molecule has 0 saturated heterocycles. The molecule has 36 valence electrons. The Hall–Kier alpha value is 0.0664. The van der Waals surface area contributed by atoms with E-state index in [9.17, 15) is 0 Å². The van der Waals surface area contributed by atoms with E-state index in [2.05, 4.69) is 0 Å². The number of aliphatic carboxylic acids is 1. The van der Waals surface area contributed by atoms with Crippen LogP contribution >= 0.6 is 0 Å². The molecular formula is C2H7GaO3. The Bertz CT molecular complexity index is 44.1. The molecule has 0 aliphatic heterocycles. The number of rotatable bonds is 1. The van der Waals surface area contributed by atoms with Gasteiger partial charge in [0.15, 0.2) is 0 Å². The van der Waals surface area contributed by atoms with Crippen molar-refractivity contribution in [3.8, 4) is 0 Å². The van der Waals surface area contributed by atoms with E-state index < -0.39 is 12.6 Å². The SMILES string of the molecule is O=C(O)CO.[GaH3]. The van der Waals surface area contributed by atoms with E-state index >= 15 is 0 Å². The third kappa shape index (κ3) is 8.95. The predicted molar refractivity (Wildman–Crippen MR) is 24.7 cm³/mol. The molecule has 0 fully saturated rings. The number of carboxylic acid groups (broad SMARTS) is 1. The van der Waals surface area contributed by atoms with Gasteiger partial charge in [-0.3, -0.25) is 0 Å². The predicted octanol–water partition coefficient (Wildman–Crippen LogP) is -2.12. The van der Waals surface area contributed by atoms with Gasteiger partial charge in [0.05, 0.1) is 0 Å². The Morgan fingerprint density at radius 2 is 1.83 bits per heavy atom. The second-order valence-electron chi connectivity index (χ2n) is 0.552. The van der Waals surface area contributed by atoms with Gasteiger partial charge < -0.3 is 10.2 Å². The number of aliphatic hydroxyl groups is 1. The van der Waals surface area contributed by atoms with Gasteiger partial charge in [0.2, 0.25) is 0 Å². The van der Waals surface area contributed by atoms with Gasteiger partial charge in [-0.2, -0.15) is 0 Å². The molecule has 0 unspecified atom stereocenters. The first kappa shape index (κ1) is 9.42. The second-order valence-corrected chi connectivity index (χ2v) is 0.552. The quantitative estimate of drug-likeness (QED) is 0.419. The fourth-order valence-corrected chi connectivity index (χ4v) is 0. The van der Waals surface area contributed by atoms with Crippen molar-refractivity contribution in [2.45, 2.75) is 0 Å². The van der Waals surface area contributed by atoms with Crippen molar-refractivity contribution in [2.75, 3.05) is 6.61 Å². The van der Waals surface area contributed by atoms with Crippen LogP contribution in [-0.2, 0) is 4.79 Å². The van der Waals surface area contributed by atoms with Crippen molar-refractivity contribution in [3.63, 3.8) is 0 Å². The molecule has 4 heteroatoms. The molecule has 3 nitrogen and oxygen atoms in total. The summed E-state index contributed by atoms with van der Waals surface area (Å²) in [6.07, 6.45) is 0. The maximum atomic E-state index is 9.12. The number of carbonyl (C=O) groups is 1. The summed E-state index contributed by atoms with van der Waals surface area (Å²) in [7, 11) is 0. The average molecular weight is 149 g/mol. The summed E-state index contributed by atoms with van der Waals surface area (Å²) in [5.74, 6) is -1.19. The van der Waals surface area contributed by atoms with E-state index in [1.165, 1.54) is 0 Å². The van der Waals surface area contributed by atoms with Crippen LogP contribution in [0.25, 0.3) is 0 Å². The van der Waals surface area contributed by atoms with Gasteiger partial charge in [0, 0.05) is 0 Å². The Morgan fingerprint density at radius 3 is 1.83 bits per heavy atom. The summed E-state index contributed by atoms with van der Waals surface area (Å²) in [6, 6.07) is 0. The summed E-state index contributed by atoms with van der Waals surface area (Å²) in [5.41, 5.74) is 0. The van der Waals surface area contributed by atoms with E-state index in [0.29, 0.717) is 0 Å². The van der Waals surface area contributed by atoms with Crippen molar-refractivity contribution in [3.05, 3.63) is 0 Å². The monoisotopic (exact) mass is 148 g/mol. The Kier molecular flexibility index (Phi) is 7.95. The summed E-state index contributed by atoms with van der Waals surface area (Å²) in [5, 5.41) is 15.0. The van der Waals surface area contributed by atoms with Gasteiger partial charge in [0.1, 0.15) is 6.61 Å². The number of hydrogen-bond donors (Lipinski definition) is 2. The van der Waals surface area contributed by atoms with Gasteiger partial charge in [-0.1, -0.05) is 0 Å². The Labute approximate surface area is 48.0 Å². The van der Waals surface area contributed by atoms with E-state index in [1.54, 1.807) is 0 Å². The summed E-state index contributed by atoms with van der Waals surface area (Å²) in [6.45, 7) is -0.778. The van der Waals surface area contributed by atoms with Crippen LogP contribution in [0.4, 0.5) is 0 Å². The molecule has 0 aliphatic rings. The van der Waals surface area contributed by atoms with Crippen LogP contribution in [0.3, 0.4) is 0 Å². The number of aliphatic hydroxyl groups excluding tert-OH is 1. The van der Waals surface area contributed by atoms with E-state index in [-0.39, 0.29) is 19.8 Å². The molecule has 2 N–H and O–H groups in total. The molecule has 6 heavy (non-hydrogen) atoms. The third-order valence-corrected chi connectivity index (χ3v) is 0.135. The van der Waals surface area contributed by atoms with Gasteiger partial charge in [0.25, 0.3) is 0 Å². The van der Waals surface area contributed by atoms with Gasteiger partial charge in [-0.05, 0) is 0 Å². The summed E-state index contributed by atoms with van der Waals surface area (Å²) >= 11 is 0. The van der Waals surface area contributed by atoms with Gasteiger partial charge >= 0.3 is 25.8 Å². The van der Waals surface area contributed by atoms with Crippen molar-refractivity contribution < 1.29 is 15.0 Å². The fourth-order valence-electron chi connectivity index (χ4n) is 0. The molecule has 0 aliphatic carbocycles. The molecule has 0 heterocycles. The Morgan fingerprint density at radius 1 is 1.67 bits per heavy atom. The van der Waals surface area contributed by atoms with E-state index in [1.807, 2.05) is 0 Å². The molecule has 0 rings (SSSR count). The van der Waals surface area contributed by atoms with Gasteiger partial charge in [-0.15, -0.1) is 0 Å². The zero-order valence-electron chi connectivity index (χ0n) is 2.51. The second kappa shape index (κ2) is 5.07. The summed E-state index contributed by atoms with van der Waals surface area (Å²) < 4.78 is 0. The van der Waals surface area contributed by atoms with Crippen LogP contribution in [0.2, 0.25) is 0 Å². The molecule has 0 saturated carbocycles. The Balaban J connectivity index is 0. The van der Waals surface area contributed by atoms with Crippen molar-refractivity contribution in [1.29, 1.82) is 0 Å². The van der Waals surface area contributed by atoms with E-state index in [4.69, 9.17) is 15.0 Å². The van der Waals surface area contributed by atoms with Crippen molar-refractivity contribution in [1.82, 2.24) is 0 Å². The van der Waals surface area contributed by atoms with Crippen LogP contribution < -0.4 is 0 Å². The maximum absolute atomic E-state index is 9.12. The molecule has 0 amide bonds. The number of hydrogen-bond acceptors (Lipinski definition) is 2. The topological polar surface area (TPSA) is 57.5 Å². The molecule has 0 spiro atoms. The molecule has 0 atom stereocenters. The standard InChI is InChI=1S/C2H4O3.Ga.3H/c3-1-2(4)5;;;;/h3H,1H2,(H,4,5);;;;. The zero-order chi connectivity index (χ0) is 4.28. The van der Waals surface area contributed by atoms with Crippen LogP contribution in [0, 0.1) is 0 Å². The van der Waals surface area contributed by atoms with E-state index in [0.717, 1.165) is 0 Å². The normalized spacial score (nSPS) is 6.17. The van der Waals surface area contributed by atoms with Crippen LogP contribution in [0.1, 0.15) is 0 Å². The summed E-state index contributed by atoms with van der Waals surface area (Å²) in [4.78, 5) is 9.12. The molecule has 0 aromatic carbocycles. The minimum atomic E-state index is -1.19. The van der Waals surface area contributed by atoms with Crippen LogP contribution in [-0.4, -0.2) is 42.6 Å². The zero-order valence-corrected chi connectivity index (χ0v) is 2.51. The first-order valence-corrected chi connectivity index (χ1v) is 1.10. The van der Waals surface area contributed by atoms with Crippen molar-refractivity contribution in [2.24, 2.45) is 0 Å². The molecule has 0 radical (unpaired) electrons. The molecule has 0 bridgehead atoms. The number of carboxylic acids is 1. The molecular weight excluding hydrogens is 142 g/mol. The molecule has 0 aromatic heterocycles. The molecule has 0 aromatic rings. The van der Waals surface area contributed by atoms with Crippen molar-refractivity contribution >= 4 is 25.8 Å². The first-order valence-electron chi connectivity index (χ1n) is 1.10.